The van der Waals surface area contributed by atoms with Crippen LogP contribution in [0, 0.1) is 0 Å². The van der Waals surface area contributed by atoms with Crippen LogP contribution in [0.3, 0.4) is 0 Å². The van der Waals surface area contributed by atoms with Gasteiger partial charge in [0.25, 0.3) is 10.2 Å². The highest BCUT2D eigenvalue weighted by molar-refractivity contribution is 7.86. The molecule has 1 N–H and O–H groups in total. The van der Waals surface area contributed by atoms with Crippen LogP contribution in [-0.4, -0.2) is 53.8 Å². The zero-order chi connectivity index (χ0) is 14.5. The molecule has 7 heteroatoms. The molecule has 0 spiro atoms. The first-order chi connectivity index (χ1) is 8.95. The Labute approximate surface area is 115 Å². The average Bonchev–Trinajstić information content (AvgIpc) is 2.38. The summed E-state index contributed by atoms with van der Waals surface area (Å²) in [7, 11) is -3.66. The summed E-state index contributed by atoms with van der Waals surface area (Å²) in [5.74, 6) is -1.05. The Hall–Kier alpha value is -0.660. The van der Waals surface area contributed by atoms with Gasteiger partial charge in [-0.2, -0.15) is 17.0 Å². The van der Waals surface area contributed by atoms with Crippen molar-refractivity contribution in [1.82, 2.24) is 8.61 Å². The van der Waals surface area contributed by atoms with E-state index >= 15 is 0 Å². The van der Waals surface area contributed by atoms with Crippen molar-refractivity contribution in [3.8, 4) is 0 Å². The fourth-order valence-corrected chi connectivity index (χ4v) is 4.42. The molecule has 1 rings (SSSR count). The second-order valence-corrected chi connectivity index (χ2v) is 6.75. The van der Waals surface area contributed by atoms with Gasteiger partial charge in [-0.3, -0.25) is 4.79 Å². The summed E-state index contributed by atoms with van der Waals surface area (Å²) in [4.78, 5) is 11.2. The van der Waals surface area contributed by atoms with E-state index in [0.29, 0.717) is 26.1 Å². The molecule has 0 aromatic rings. The molecular weight excluding hydrogens is 268 g/mol. The zero-order valence-corrected chi connectivity index (χ0v) is 12.5. The molecule has 0 amide bonds. The number of hydrogen-bond donors (Lipinski definition) is 1. The Kier molecular flexibility index (Phi) is 6.22. The lowest BCUT2D eigenvalue weighted by atomic mass is 10.1. The van der Waals surface area contributed by atoms with Crippen molar-refractivity contribution in [3.05, 3.63) is 0 Å². The Morgan fingerprint density at radius 3 is 2.32 bits per heavy atom. The van der Waals surface area contributed by atoms with Gasteiger partial charge in [-0.1, -0.05) is 13.8 Å². The fraction of sp³-hybridized carbons (Fsp3) is 0.917. The van der Waals surface area contributed by atoms with Crippen LogP contribution in [0.2, 0.25) is 0 Å². The first kappa shape index (κ1) is 16.4. The van der Waals surface area contributed by atoms with Gasteiger partial charge in [0.2, 0.25) is 0 Å². The minimum Gasteiger partial charge on any atom is -0.480 e. The molecule has 1 saturated heterocycles. The zero-order valence-electron chi connectivity index (χ0n) is 11.7. The highest BCUT2D eigenvalue weighted by Gasteiger charge is 2.39. The standard InChI is InChI=1S/C12H24N2O4S/c1-3-8-13(9-4-2)19(17,18)14-10-6-5-7-11(14)12(15)16/h11H,3-10H2,1-2H3,(H,15,16)/t11-/m0/s1. The number of carboxylic acids is 1. The lowest BCUT2D eigenvalue weighted by Gasteiger charge is -2.35. The summed E-state index contributed by atoms with van der Waals surface area (Å²) in [5.41, 5.74) is 0. The smallest absolute Gasteiger partial charge is 0.322 e. The summed E-state index contributed by atoms with van der Waals surface area (Å²) < 4.78 is 27.7. The van der Waals surface area contributed by atoms with Gasteiger partial charge in [-0.15, -0.1) is 0 Å². The van der Waals surface area contributed by atoms with Crippen molar-refractivity contribution in [1.29, 1.82) is 0 Å². The van der Waals surface area contributed by atoms with Crippen LogP contribution in [0.15, 0.2) is 0 Å². The second-order valence-electron chi connectivity index (χ2n) is 4.87. The average molecular weight is 292 g/mol. The normalized spacial score (nSPS) is 21.7. The molecule has 0 unspecified atom stereocenters. The second kappa shape index (κ2) is 7.21. The van der Waals surface area contributed by atoms with Crippen molar-refractivity contribution >= 4 is 16.2 Å². The maximum atomic E-state index is 12.6. The quantitative estimate of drug-likeness (QED) is 0.767. The van der Waals surface area contributed by atoms with E-state index in [4.69, 9.17) is 0 Å². The van der Waals surface area contributed by atoms with Crippen molar-refractivity contribution in [2.24, 2.45) is 0 Å². The molecule has 19 heavy (non-hydrogen) atoms. The minimum absolute atomic E-state index is 0.309. The molecule has 112 valence electrons. The Morgan fingerprint density at radius 2 is 1.84 bits per heavy atom. The molecule has 0 aliphatic carbocycles. The first-order valence-corrected chi connectivity index (χ1v) is 8.34. The molecule has 1 aliphatic heterocycles. The van der Waals surface area contributed by atoms with Crippen LogP contribution in [0.4, 0.5) is 0 Å². The number of hydrogen-bond acceptors (Lipinski definition) is 3. The first-order valence-electron chi connectivity index (χ1n) is 6.94. The SMILES string of the molecule is CCCN(CCC)S(=O)(=O)N1CCCC[C@H]1C(=O)O. The van der Waals surface area contributed by atoms with Crippen LogP contribution in [0.25, 0.3) is 0 Å². The largest absolute Gasteiger partial charge is 0.480 e. The van der Waals surface area contributed by atoms with E-state index in [2.05, 4.69) is 0 Å². The van der Waals surface area contributed by atoms with E-state index in [-0.39, 0.29) is 0 Å². The molecule has 1 atom stereocenters. The third-order valence-electron chi connectivity index (χ3n) is 3.31. The van der Waals surface area contributed by atoms with Gasteiger partial charge in [-0.05, 0) is 32.1 Å². The van der Waals surface area contributed by atoms with Gasteiger partial charge in [0.05, 0.1) is 0 Å². The molecule has 1 aliphatic rings. The molecule has 0 radical (unpaired) electrons. The van der Waals surface area contributed by atoms with Gasteiger partial charge < -0.3 is 5.11 Å². The molecule has 1 fully saturated rings. The predicted octanol–water partition coefficient (Wildman–Crippen LogP) is 1.29. The number of rotatable bonds is 7. The molecule has 0 aromatic heterocycles. The van der Waals surface area contributed by atoms with E-state index in [1.807, 2.05) is 13.8 Å². The van der Waals surface area contributed by atoms with Crippen LogP contribution in [0.5, 0.6) is 0 Å². The number of aliphatic carboxylic acids is 1. The van der Waals surface area contributed by atoms with Crippen LogP contribution in [-0.2, 0) is 15.0 Å². The third kappa shape index (κ3) is 3.90. The van der Waals surface area contributed by atoms with Crippen molar-refractivity contribution in [2.75, 3.05) is 19.6 Å². The summed E-state index contributed by atoms with van der Waals surface area (Å²) in [6.07, 6.45) is 3.36. The molecular formula is C12H24N2O4S. The Balaban J connectivity index is 2.96. The Bertz CT molecular complexity index is 391. The summed E-state index contributed by atoms with van der Waals surface area (Å²) >= 11 is 0. The Morgan fingerprint density at radius 1 is 1.26 bits per heavy atom. The number of piperidine rings is 1. The molecule has 0 saturated carbocycles. The van der Waals surface area contributed by atoms with E-state index in [9.17, 15) is 18.3 Å². The van der Waals surface area contributed by atoms with E-state index in [1.165, 1.54) is 8.61 Å². The molecule has 1 heterocycles. The molecule has 0 bridgehead atoms. The van der Waals surface area contributed by atoms with Gasteiger partial charge in [0.1, 0.15) is 6.04 Å². The molecule has 0 aromatic carbocycles. The topological polar surface area (TPSA) is 77.9 Å². The van der Waals surface area contributed by atoms with Crippen LogP contribution < -0.4 is 0 Å². The highest BCUT2D eigenvalue weighted by atomic mass is 32.2. The van der Waals surface area contributed by atoms with E-state index < -0.39 is 22.2 Å². The maximum absolute atomic E-state index is 12.6. The molecule has 6 nitrogen and oxygen atoms in total. The lowest BCUT2D eigenvalue weighted by molar-refractivity contribution is -0.142. The predicted molar refractivity (Wildman–Crippen MR) is 73.1 cm³/mol. The monoisotopic (exact) mass is 292 g/mol. The van der Waals surface area contributed by atoms with Crippen molar-refractivity contribution in [3.63, 3.8) is 0 Å². The summed E-state index contributed by atoms with van der Waals surface area (Å²) in [6.45, 7) is 5.04. The van der Waals surface area contributed by atoms with E-state index in [1.54, 1.807) is 0 Å². The minimum atomic E-state index is -3.66. The third-order valence-corrected chi connectivity index (χ3v) is 5.35. The van der Waals surface area contributed by atoms with Gasteiger partial charge in [0.15, 0.2) is 0 Å². The van der Waals surface area contributed by atoms with Crippen molar-refractivity contribution < 1.29 is 18.3 Å². The number of nitrogens with zero attached hydrogens (tertiary/aromatic N) is 2. The maximum Gasteiger partial charge on any atom is 0.322 e. The van der Waals surface area contributed by atoms with Crippen molar-refractivity contribution in [2.45, 2.75) is 52.0 Å². The summed E-state index contributed by atoms with van der Waals surface area (Å²) in [5, 5.41) is 9.19. The van der Waals surface area contributed by atoms with Gasteiger partial charge in [-0.25, -0.2) is 0 Å². The summed E-state index contributed by atoms with van der Waals surface area (Å²) in [6, 6.07) is -0.907. The van der Waals surface area contributed by atoms with Crippen LogP contribution >= 0.6 is 0 Å². The van der Waals surface area contributed by atoms with E-state index in [0.717, 1.165) is 25.7 Å². The van der Waals surface area contributed by atoms with Gasteiger partial charge >= 0.3 is 5.97 Å². The van der Waals surface area contributed by atoms with Gasteiger partial charge in [0, 0.05) is 19.6 Å². The number of carboxylic acid groups (broad SMARTS) is 1. The highest BCUT2D eigenvalue weighted by Crippen LogP contribution is 2.23. The van der Waals surface area contributed by atoms with Crippen LogP contribution in [0.1, 0.15) is 46.0 Å². The lowest BCUT2D eigenvalue weighted by Crippen LogP contribution is -2.53. The number of carbonyl (C=O) groups is 1. The fourth-order valence-electron chi connectivity index (χ4n) is 2.42.